The van der Waals surface area contributed by atoms with E-state index in [0.29, 0.717) is 0 Å². The minimum atomic E-state index is -0.0209. The highest BCUT2D eigenvalue weighted by Gasteiger charge is 2.19. The Morgan fingerprint density at radius 2 is 1.86 bits per heavy atom. The molecule has 1 aromatic rings. The third-order valence-corrected chi connectivity index (χ3v) is 2.13. The van der Waals surface area contributed by atoms with Crippen molar-refractivity contribution in [1.82, 2.24) is 5.32 Å². The molecule has 1 fully saturated rings. The second kappa shape index (κ2) is 6.09. The predicted octanol–water partition coefficient (Wildman–Crippen LogP) is 1.18. The average Bonchev–Trinajstić information content (AvgIpc) is 2.53. The Bertz CT molecular complexity index is 255. The van der Waals surface area contributed by atoms with Crippen LogP contribution in [0, 0.1) is 0 Å². The molecule has 1 aliphatic heterocycles. The van der Waals surface area contributed by atoms with Crippen LogP contribution in [0.4, 0.5) is 5.69 Å². The summed E-state index contributed by atoms with van der Waals surface area (Å²) in [5, 5.41) is 3.17. The Morgan fingerprint density at radius 3 is 2.36 bits per heavy atom. The van der Waals surface area contributed by atoms with Crippen LogP contribution in [-0.4, -0.2) is 19.4 Å². The summed E-state index contributed by atoms with van der Waals surface area (Å²) in [7, 11) is 0. The molecule has 0 bridgehead atoms. The summed E-state index contributed by atoms with van der Waals surface area (Å²) in [6, 6.07) is 10.2. The van der Waals surface area contributed by atoms with Crippen molar-refractivity contribution in [1.29, 1.82) is 0 Å². The Labute approximate surface area is 96.5 Å². The van der Waals surface area contributed by atoms with E-state index in [9.17, 15) is 0 Å². The van der Waals surface area contributed by atoms with Crippen molar-refractivity contribution in [3.63, 3.8) is 0 Å². The normalized spacial score (nSPS) is 19.8. The van der Waals surface area contributed by atoms with Gasteiger partial charge in [0.1, 0.15) is 6.29 Å². The molecule has 2 rings (SSSR count). The molecule has 1 aliphatic rings. The molecule has 1 aromatic carbocycles. The Hall–Kier alpha value is -0.480. The highest BCUT2D eigenvalue weighted by Crippen LogP contribution is 2.15. The van der Waals surface area contributed by atoms with Gasteiger partial charge in [-0.05, 0) is 12.1 Å². The zero-order chi connectivity index (χ0) is 8.39. The molecule has 0 spiro atoms. The maximum atomic E-state index is 5.83. The summed E-state index contributed by atoms with van der Waals surface area (Å²) in [4.78, 5) is 2.15. The zero-order valence-corrected chi connectivity index (χ0v) is 9.35. The standard InChI is InChI=1S/C9H13N3.2ClH/c10-9-11-6-7-12(9)8-4-2-1-3-5-8;;/h1-5,9,11H,6-7,10H2;2*1H. The van der Waals surface area contributed by atoms with Crippen LogP contribution in [0.25, 0.3) is 0 Å². The molecule has 0 amide bonds. The minimum absolute atomic E-state index is 0. The lowest BCUT2D eigenvalue weighted by atomic mass is 10.3. The number of nitrogens with one attached hydrogen (secondary N) is 1. The first-order valence-corrected chi connectivity index (χ1v) is 4.18. The predicted molar refractivity (Wildman–Crippen MR) is 64.3 cm³/mol. The van der Waals surface area contributed by atoms with Gasteiger partial charge in [-0.15, -0.1) is 24.8 Å². The zero-order valence-electron chi connectivity index (χ0n) is 7.72. The summed E-state index contributed by atoms with van der Waals surface area (Å²) in [6.45, 7) is 1.96. The van der Waals surface area contributed by atoms with Crippen LogP contribution in [0.3, 0.4) is 0 Å². The van der Waals surface area contributed by atoms with Gasteiger partial charge < -0.3 is 4.90 Å². The molecular weight excluding hydrogens is 221 g/mol. The van der Waals surface area contributed by atoms with Crippen LogP contribution < -0.4 is 16.0 Å². The molecule has 0 saturated carbocycles. The van der Waals surface area contributed by atoms with Gasteiger partial charge in [-0.1, -0.05) is 18.2 Å². The van der Waals surface area contributed by atoms with Gasteiger partial charge in [0.05, 0.1) is 0 Å². The molecule has 1 heterocycles. The molecule has 0 radical (unpaired) electrons. The van der Waals surface area contributed by atoms with Crippen LogP contribution in [0.1, 0.15) is 0 Å². The number of benzene rings is 1. The van der Waals surface area contributed by atoms with Gasteiger partial charge in [0.15, 0.2) is 0 Å². The quantitative estimate of drug-likeness (QED) is 0.769. The van der Waals surface area contributed by atoms with Crippen LogP contribution in [0.2, 0.25) is 0 Å². The fourth-order valence-electron chi connectivity index (χ4n) is 1.49. The largest absolute Gasteiger partial charge is 0.342 e. The minimum Gasteiger partial charge on any atom is -0.342 e. The monoisotopic (exact) mass is 235 g/mol. The van der Waals surface area contributed by atoms with E-state index in [1.54, 1.807) is 0 Å². The molecule has 3 nitrogen and oxygen atoms in total. The van der Waals surface area contributed by atoms with Crippen LogP contribution in [0.15, 0.2) is 30.3 Å². The molecule has 1 unspecified atom stereocenters. The van der Waals surface area contributed by atoms with Crippen LogP contribution >= 0.6 is 24.8 Å². The fraction of sp³-hybridized carbons (Fsp3) is 0.333. The van der Waals surface area contributed by atoms with Gasteiger partial charge in [-0.2, -0.15) is 0 Å². The fourth-order valence-corrected chi connectivity index (χ4v) is 1.49. The smallest absolute Gasteiger partial charge is 0.132 e. The number of hydrogen-bond donors (Lipinski definition) is 2. The third-order valence-electron chi connectivity index (χ3n) is 2.13. The van der Waals surface area contributed by atoms with Gasteiger partial charge in [0.25, 0.3) is 0 Å². The maximum absolute atomic E-state index is 5.83. The highest BCUT2D eigenvalue weighted by atomic mass is 35.5. The van der Waals surface area contributed by atoms with E-state index in [2.05, 4.69) is 22.3 Å². The van der Waals surface area contributed by atoms with Gasteiger partial charge in [0, 0.05) is 18.8 Å². The van der Waals surface area contributed by atoms with E-state index in [4.69, 9.17) is 5.73 Å². The molecule has 80 valence electrons. The lowest BCUT2D eigenvalue weighted by Crippen LogP contribution is -2.43. The third kappa shape index (κ3) is 2.75. The summed E-state index contributed by atoms with van der Waals surface area (Å²) < 4.78 is 0. The van der Waals surface area contributed by atoms with Crippen molar-refractivity contribution < 1.29 is 0 Å². The number of nitrogens with zero attached hydrogens (tertiary/aromatic N) is 1. The Morgan fingerprint density at radius 1 is 1.21 bits per heavy atom. The van der Waals surface area contributed by atoms with Crippen molar-refractivity contribution >= 4 is 30.5 Å². The van der Waals surface area contributed by atoms with Crippen LogP contribution in [0.5, 0.6) is 0 Å². The van der Waals surface area contributed by atoms with Crippen molar-refractivity contribution in [3.05, 3.63) is 30.3 Å². The van der Waals surface area contributed by atoms with E-state index < -0.39 is 0 Å². The van der Waals surface area contributed by atoms with E-state index in [0.717, 1.165) is 13.1 Å². The SMILES string of the molecule is Cl.Cl.NC1NCCN1c1ccccc1. The molecule has 1 saturated heterocycles. The van der Waals surface area contributed by atoms with Crippen molar-refractivity contribution in [2.75, 3.05) is 18.0 Å². The topological polar surface area (TPSA) is 41.3 Å². The second-order valence-electron chi connectivity index (χ2n) is 2.93. The summed E-state index contributed by atoms with van der Waals surface area (Å²) in [5.41, 5.74) is 7.02. The molecule has 1 atom stereocenters. The molecule has 14 heavy (non-hydrogen) atoms. The number of anilines is 1. The molecule has 3 N–H and O–H groups in total. The lowest BCUT2D eigenvalue weighted by molar-refractivity contribution is 0.631. The molecular formula is C9H15Cl2N3. The molecule has 0 aromatic heterocycles. The van der Waals surface area contributed by atoms with E-state index >= 15 is 0 Å². The van der Waals surface area contributed by atoms with Gasteiger partial charge in [-0.25, -0.2) is 0 Å². The van der Waals surface area contributed by atoms with Crippen LogP contribution in [-0.2, 0) is 0 Å². The van der Waals surface area contributed by atoms with Crippen molar-refractivity contribution in [2.24, 2.45) is 5.73 Å². The maximum Gasteiger partial charge on any atom is 0.132 e. The number of rotatable bonds is 1. The Kier molecular flexibility index (Phi) is 5.88. The van der Waals surface area contributed by atoms with Crippen molar-refractivity contribution in [3.8, 4) is 0 Å². The summed E-state index contributed by atoms with van der Waals surface area (Å²) >= 11 is 0. The van der Waals surface area contributed by atoms with E-state index in [1.165, 1.54) is 5.69 Å². The summed E-state index contributed by atoms with van der Waals surface area (Å²) in [5.74, 6) is 0. The number of nitrogens with two attached hydrogens (primary N) is 1. The Balaban J connectivity index is 0.000000845. The average molecular weight is 236 g/mol. The second-order valence-corrected chi connectivity index (χ2v) is 2.93. The first-order valence-electron chi connectivity index (χ1n) is 4.18. The first-order chi connectivity index (χ1) is 5.88. The molecule has 5 heteroatoms. The van der Waals surface area contributed by atoms with Crippen molar-refractivity contribution in [2.45, 2.75) is 6.29 Å². The highest BCUT2D eigenvalue weighted by molar-refractivity contribution is 5.85. The van der Waals surface area contributed by atoms with Gasteiger partial charge >= 0.3 is 0 Å². The summed E-state index contributed by atoms with van der Waals surface area (Å²) in [6.07, 6.45) is -0.0209. The first kappa shape index (κ1) is 13.5. The van der Waals surface area contributed by atoms with E-state index in [-0.39, 0.29) is 31.1 Å². The molecule has 0 aliphatic carbocycles. The van der Waals surface area contributed by atoms with Gasteiger partial charge in [0.2, 0.25) is 0 Å². The number of halogens is 2. The van der Waals surface area contributed by atoms with Gasteiger partial charge in [-0.3, -0.25) is 11.1 Å². The number of para-hydroxylation sites is 1. The van der Waals surface area contributed by atoms with E-state index in [1.807, 2.05) is 18.2 Å². The number of hydrogen-bond acceptors (Lipinski definition) is 3. The lowest BCUT2D eigenvalue weighted by Gasteiger charge is -2.22.